The molecule has 1 fully saturated rings. The molecule has 4 aromatic rings. The number of hydrogen-bond donors (Lipinski definition) is 0. The summed E-state index contributed by atoms with van der Waals surface area (Å²) in [4.78, 5) is 26.6. The van der Waals surface area contributed by atoms with E-state index in [2.05, 4.69) is 15.0 Å². The van der Waals surface area contributed by atoms with Gasteiger partial charge in [-0.2, -0.15) is 4.98 Å². The van der Waals surface area contributed by atoms with Gasteiger partial charge in [-0.3, -0.25) is 9.36 Å². The molecule has 1 saturated heterocycles. The molecule has 9 heteroatoms. The molecule has 0 N–H and O–H groups in total. The maximum absolute atomic E-state index is 13.4. The lowest BCUT2D eigenvalue weighted by molar-refractivity contribution is 0.0970. The summed E-state index contributed by atoms with van der Waals surface area (Å²) in [6.07, 6.45) is 3.18. The van der Waals surface area contributed by atoms with E-state index in [0.717, 1.165) is 12.8 Å². The van der Waals surface area contributed by atoms with Crippen LogP contribution in [0.2, 0.25) is 5.02 Å². The molecule has 0 aliphatic carbocycles. The van der Waals surface area contributed by atoms with Crippen molar-refractivity contribution >= 4 is 22.8 Å². The third-order valence-corrected chi connectivity index (χ3v) is 5.43. The van der Waals surface area contributed by atoms with E-state index in [4.69, 9.17) is 21.1 Å². The van der Waals surface area contributed by atoms with E-state index in [1.165, 1.54) is 35.0 Å². The zero-order valence-corrected chi connectivity index (χ0v) is 17.6. The zero-order valence-electron chi connectivity index (χ0n) is 16.9. The Bertz CT molecular complexity index is 1340. The van der Waals surface area contributed by atoms with Crippen molar-refractivity contribution in [3.05, 3.63) is 75.9 Å². The Morgan fingerprint density at radius 1 is 1.19 bits per heavy atom. The van der Waals surface area contributed by atoms with Gasteiger partial charge in [-0.1, -0.05) is 17.7 Å². The minimum absolute atomic E-state index is 0.0663. The number of hydrogen-bond acceptors (Lipinski definition) is 6. The lowest BCUT2D eigenvalue weighted by Gasteiger charge is -2.15. The molecule has 0 radical (unpaired) electrons. The van der Waals surface area contributed by atoms with Gasteiger partial charge in [-0.05, 0) is 55.3 Å². The molecular weight excluding hydrogens is 435 g/mol. The maximum atomic E-state index is 13.4. The molecule has 1 aliphatic heterocycles. The number of aromatic nitrogens is 4. The zero-order chi connectivity index (χ0) is 22.1. The summed E-state index contributed by atoms with van der Waals surface area (Å²) in [6.45, 7) is 0.977. The summed E-state index contributed by atoms with van der Waals surface area (Å²) in [6, 6.07) is 12.6. The second-order valence-corrected chi connectivity index (χ2v) is 7.88. The van der Waals surface area contributed by atoms with Gasteiger partial charge in [-0.15, -0.1) is 0 Å². The number of rotatable bonds is 5. The van der Waals surface area contributed by atoms with Gasteiger partial charge in [0, 0.05) is 17.2 Å². The smallest absolute Gasteiger partial charge is 0.324 e. The molecule has 32 heavy (non-hydrogen) atoms. The average molecular weight is 453 g/mol. The molecule has 0 saturated carbocycles. The van der Waals surface area contributed by atoms with Crippen molar-refractivity contribution in [2.24, 2.45) is 0 Å². The van der Waals surface area contributed by atoms with Crippen LogP contribution < -0.4 is 10.3 Å². The summed E-state index contributed by atoms with van der Waals surface area (Å²) in [7, 11) is 0. The first-order valence-corrected chi connectivity index (χ1v) is 10.5. The molecule has 3 heterocycles. The highest BCUT2D eigenvalue weighted by atomic mass is 35.5. The van der Waals surface area contributed by atoms with E-state index in [9.17, 15) is 9.18 Å². The molecule has 5 rings (SSSR count). The van der Waals surface area contributed by atoms with Crippen LogP contribution in [0.5, 0.6) is 11.8 Å². The Labute approximate surface area is 187 Å². The van der Waals surface area contributed by atoms with Crippen molar-refractivity contribution < 1.29 is 13.9 Å². The van der Waals surface area contributed by atoms with E-state index in [-0.39, 0.29) is 29.2 Å². The topological polar surface area (TPSA) is 79.1 Å². The normalized spacial score (nSPS) is 15.9. The Balaban J connectivity index is 1.62. The van der Waals surface area contributed by atoms with Gasteiger partial charge >= 0.3 is 6.01 Å². The van der Waals surface area contributed by atoms with Gasteiger partial charge in [0.15, 0.2) is 5.65 Å². The van der Waals surface area contributed by atoms with Gasteiger partial charge in [0.1, 0.15) is 22.8 Å². The first kappa shape index (κ1) is 20.5. The SMILES string of the molecule is O=c1c(-c2ccc(F)cc2)nc2cnc(Oc3cccc(Cl)c3)nc2n1C[C@H]1CCCO1. The van der Waals surface area contributed by atoms with Crippen LogP contribution >= 0.6 is 11.6 Å². The Kier molecular flexibility index (Phi) is 5.55. The van der Waals surface area contributed by atoms with Crippen molar-refractivity contribution in [1.82, 2.24) is 19.5 Å². The molecule has 0 amide bonds. The van der Waals surface area contributed by atoms with E-state index in [0.29, 0.717) is 40.7 Å². The van der Waals surface area contributed by atoms with Gasteiger partial charge in [0.2, 0.25) is 0 Å². The van der Waals surface area contributed by atoms with Gasteiger partial charge in [-0.25, -0.2) is 14.4 Å². The fourth-order valence-corrected chi connectivity index (χ4v) is 3.84. The predicted octanol–water partition coefficient (Wildman–Crippen LogP) is 4.62. The van der Waals surface area contributed by atoms with Crippen LogP contribution in [0.3, 0.4) is 0 Å². The van der Waals surface area contributed by atoms with E-state index < -0.39 is 0 Å². The maximum Gasteiger partial charge on any atom is 0.324 e. The highest BCUT2D eigenvalue weighted by molar-refractivity contribution is 6.30. The fourth-order valence-electron chi connectivity index (χ4n) is 3.66. The summed E-state index contributed by atoms with van der Waals surface area (Å²) in [5.74, 6) is 0.0844. The summed E-state index contributed by atoms with van der Waals surface area (Å²) in [5, 5.41) is 0.518. The first-order chi connectivity index (χ1) is 15.6. The minimum Gasteiger partial charge on any atom is -0.424 e. The largest absolute Gasteiger partial charge is 0.424 e. The Morgan fingerprint density at radius 3 is 2.78 bits per heavy atom. The molecule has 0 bridgehead atoms. The summed E-state index contributed by atoms with van der Waals surface area (Å²) >= 11 is 6.02. The molecule has 2 aromatic carbocycles. The molecule has 1 aliphatic rings. The van der Waals surface area contributed by atoms with Crippen molar-refractivity contribution in [3.8, 4) is 23.0 Å². The van der Waals surface area contributed by atoms with Crippen molar-refractivity contribution in [2.45, 2.75) is 25.5 Å². The van der Waals surface area contributed by atoms with E-state index in [1.807, 2.05) is 0 Å². The molecule has 0 unspecified atom stereocenters. The standard InChI is InChI=1S/C23H18ClFN4O3/c24-15-3-1-4-17(11-15)32-23-26-12-19-21(28-23)29(13-18-5-2-10-31-18)22(30)20(27-19)14-6-8-16(25)9-7-14/h1,3-4,6-9,11-12,18H,2,5,10,13H2/t18-/m1/s1. The van der Waals surface area contributed by atoms with Gasteiger partial charge < -0.3 is 9.47 Å². The van der Waals surface area contributed by atoms with Crippen molar-refractivity contribution in [1.29, 1.82) is 0 Å². The predicted molar refractivity (Wildman–Crippen MR) is 117 cm³/mol. The number of ether oxygens (including phenoxy) is 2. The van der Waals surface area contributed by atoms with Crippen LogP contribution in [0.15, 0.2) is 59.5 Å². The average Bonchev–Trinajstić information content (AvgIpc) is 3.30. The molecule has 0 spiro atoms. The fraction of sp³-hybridized carbons (Fsp3) is 0.217. The Hall–Kier alpha value is -3.36. The molecule has 1 atom stereocenters. The second kappa shape index (κ2) is 8.64. The number of fused-ring (bicyclic) bond motifs is 1. The van der Waals surface area contributed by atoms with Crippen LogP contribution in [-0.4, -0.2) is 32.2 Å². The van der Waals surface area contributed by atoms with Gasteiger partial charge in [0.05, 0.1) is 18.8 Å². The van der Waals surface area contributed by atoms with Gasteiger partial charge in [0.25, 0.3) is 5.56 Å². The van der Waals surface area contributed by atoms with Crippen LogP contribution in [-0.2, 0) is 11.3 Å². The number of benzene rings is 2. The number of nitrogens with zero attached hydrogens (tertiary/aromatic N) is 4. The third kappa shape index (κ3) is 4.19. The highest BCUT2D eigenvalue weighted by Gasteiger charge is 2.21. The lowest BCUT2D eigenvalue weighted by atomic mass is 10.1. The van der Waals surface area contributed by atoms with Crippen LogP contribution in [0.1, 0.15) is 12.8 Å². The third-order valence-electron chi connectivity index (χ3n) is 5.20. The number of halogens is 2. The Morgan fingerprint density at radius 2 is 2.03 bits per heavy atom. The molecule has 7 nitrogen and oxygen atoms in total. The monoisotopic (exact) mass is 452 g/mol. The van der Waals surface area contributed by atoms with Crippen molar-refractivity contribution in [3.63, 3.8) is 0 Å². The van der Waals surface area contributed by atoms with Crippen LogP contribution in [0.4, 0.5) is 4.39 Å². The van der Waals surface area contributed by atoms with Crippen LogP contribution in [0, 0.1) is 5.82 Å². The van der Waals surface area contributed by atoms with Crippen molar-refractivity contribution in [2.75, 3.05) is 6.61 Å². The summed E-state index contributed by atoms with van der Waals surface area (Å²) < 4.78 is 26.4. The van der Waals surface area contributed by atoms with E-state index in [1.54, 1.807) is 24.3 Å². The summed E-state index contributed by atoms with van der Waals surface area (Å²) in [5.41, 5.74) is 1.12. The lowest BCUT2D eigenvalue weighted by Crippen LogP contribution is -2.29. The molecule has 162 valence electrons. The minimum atomic E-state index is -0.389. The highest BCUT2D eigenvalue weighted by Crippen LogP contribution is 2.24. The van der Waals surface area contributed by atoms with Crippen LogP contribution in [0.25, 0.3) is 22.4 Å². The second-order valence-electron chi connectivity index (χ2n) is 7.44. The molecular formula is C23H18ClFN4O3. The quantitative estimate of drug-likeness (QED) is 0.439. The molecule has 2 aromatic heterocycles. The van der Waals surface area contributed by atoms with E-state index >= 15 is 0 Å². The first-order valence-electron chi connectivity index (χ1n) is 10.2.